The van der Waals surface area contributed by atoms with Gasteiger partial charge in [0.05, 0.1) is 30.2 Å². The zero-order valence-electron chi connectivity index (χ0n) is 27.6. The van der Waals surface area contributed by atoms with E-state index in [2.05, 4.69) is 5.32 Å². The topological polar surface area (TPSA) is 150 Å². The molecule has 5 aromatic rings. The van der Waals surface area contributed by atoms with Gasteiger partial charge in [-0.3, -0.25) is 13.9 Å². The van der Waals surface area contributed by atoms with Crippen molar-refractivity contribution in [3.63, 3.8) is 0 Å². The first-order chi connectivity index (χ1) is 23.9. The molecular weight excluding hydrogens is 665 g/mol. The van der Waals surface area contributed by atoms with Crippen molar-refractivity contribution in [1.82, 2.24) is 5.32 Å². The summed E-state index contributed by atoms with van der Waals surface area (Å²) < 4.78 is 64.7. The van der Waals surface area contributed by atoms with Crippen molar-refractivity contribution in [3.8, 4) is 22.8 Å². The number of nitrogens with one attached hydrogen (secondary N) is 1. The van der Waals surface area contributed by atoms with Crippen LogP contribution in [0.4, 0.5) is 10.1 Å². The number of hydrogen-bond acceptors (Lipinski definition) is 9. The lowest BCUT2D eigenvalue weighted by molar-refractivity contribution is -0.150. The molecule has 1 aromatic heterocycles. The Kier molecular flexibility index (Phi) is 9.91. The van der Waals surface area contributed by atoms with Crippen LogP contribution in [0.15, 0.2) is 95.4 Å². The zero-order valence-corrected chi connectivity index (χ0v) is 28.4. The number of anilines is 1. The molecule has 1 aliphatic heterocycles. The number of nitrogens with zero attached hydrogens (tertiary/aromatic N) is 1. The van der Waals surface area contributed by atoms with Crippen molar-refractivity contribution < 1.29 is 41.0 Å². The average molecular weight is 702 g/mol. The summed E-state index contributed by atoms with van der Waals surface area (Å²) in [7, 11) is -2.36. The summed E-state index contributed by atoms with van der Waals surface area (Å²) >= 11 is 0. The number of esters is 1. The van der Waals surface area contributed by atoms with E-state index in [0.29, 0.717) is 33.7 Å². The third kappa shape index (κ3) is 7.49. The van der Waals surface area contributed by atoms with Crippen LogP contribution in [0.1, 0.15) is 34.5 Å². The van der Waals surface area contributed by atoms with E-state index in [4.69, 9.17) is 24.4 Å². The fourth-order valence-electron chi connectivity index (χ4n) is 5.89. The number of benzene rings is 4. The van der Waals surface area contributed by atoms with Gasteiger partial charge in [0.15, 0.2) is 0 Å². The van der Waals surface area contributed by atoms with Crippen LogP contribution in [0.3, 0.4) is 0 Å². The number of furan rings is 1. The molecule has 1 aliphatic rings. The minimum atomic E-state index is -3.86. The summed E-state index contributed by atoms with van der Waals surface area (Å²) in [5.74, 6) is -0.217. The molecule has 260 valence electrons. The Morgan fingerprint density at radius 3 is 2.32 bits per heavy atom. The number of sulfonamides is 1. The first-order valence-corrected chi connectivity index (χ1v) is 17.7. The van der Waals surface area contributed by atoms with E-state index in [9.17, 15) is 22.4 Å². The van der Waals surface area contributed by atoms with Crippen LogP contribution >= 0.6 is 0 Å². The summed E-state index contributed by atoms with van der Waals surface area (Å²) in [6.07, 6.45) is -0.127. The number of hydrogen-bond donors (Lipinski definition) is 2. The molecule has 6 rings (SSSR count). The number of fused-ring (bicyclic) bond motifs is 2. The maximum Gasteiger partial charge on any atom is 0.323 e. The van der Waals surface area contributed by atoms with Crippen molar-refractivity contribution in [3.05, 3.63) is 114 Å². The molecule has 2 heterocycles. The number of halogens is 1. The molecule has 0 aliphatic carbocycles. The SMILES string of the molecule is CNC(=O)c1c(-c2ccc(Oc3ccc(F)cc3)cc2)oc2cc3c(cc12)C(C)OC(COC(=O)C(N)Cc1ccccc1)CN3S(C)(=O)=O. The smallest absolute Gasteiger partial charge is 0.323 e. The van der Waals surface area contributed by atoms with Gasteiger partial charge in [0.1, 0.15) is 47.4 Å². The predicted molar refractivity (Wildman–Crippen MR) is 186 cm³/mol. The van der Waals surface area contributed by atoms with Crippen LogP contribution in [0, 0.1) is 5.82 Å². The highest BCUT2D eigenvalue weighted by atomic mass is 32.2. The molecule has 0 fully saturated rings. The number of amides is 1. The van der Waals surface area contributed by atoms with Crippen molar-refractivity contribution >= 4 is 38.6 Å². The van der Waals surface area contributed by atoms with Crippen molar-refractivity contribution in [2.24, 2.45) is 5.73 Å². The fraction of sp³-hybridized carbons (Fsp3) is 0.243. The van der Waals surface area contributed by atoms with Gasteiger partial charge < -0.3 is 29.7 Å². The minimum absolute atomic E-state index is 0.145. The first kappa shape index (κ1) is 34.6. The number of nitrogens with two attached hydrogens (primary N) is 1. The highest BCUT2D eigenvalue weighted by Gasteiger charge is 2.34. The molecule has 3 N–H and O–H groups in total. The Bertz CT molecular complexity index is 2120. The van der Waals surface area contributed by atoms with Gasteiger partial charge in [-0.1, -0.05) is 30.3 Å². The number of carbonyl (C=O) groups is 2. The second kappa shape index (κ2) is 14.3. The standard InChI is InChI=1S/C37H36FN3O8S/c1-22-29-18-30-33(49-35(34(30)36(42)40-2)24-9-13-26(14-10-24)48-27-15-11-25(38)12-16-27)19-32(29)41(50(3,44)45)20-28(47-22)21-46-37(43)31(39)17-23-7-5-4-6-8-23/h4-16,18-19,22,28,31H,17,20-21,39H2,1-3H3,(H,40,42). The van der Waals surface area contributed by atoms with Gasteiger partial charge in [-0.05, 0) is 73.5 Å². The summed E-state index contributed by atoms with van der Waals surface area (Å²) in [5.41, 5.74) is 8.89. The summed E-state index contributed by atoms with van der Waals surface area (Å²) in [5, 5.41) is 3.11. The lowest BCUT2D eigenvalue weighted by Gasteiger charge is -2.25. The highest BCUT2D eigenvalue weighted by molar-refractivity contribution is 7.92. The summed E-state index contributed by atoms with van der Waals surface area (Å²) in [6.45, 7) is 1.39. The first-order valence-electron chi connectivity index (χ1n) is 15.9. The Labute approximate surface area is 288 Å². The van der Waals surface area contributed by atoms with Gasteiger partial charge in [-0.2, -0.15) is 0 Å². The van der Waals surface area contributed by atoms with Crippen molar-refractivity contribution in [2.45, 2.75) is 31.6 Å². The third-order valence-electron chi connectivity index (χ3n) is 8.34. The maximum absolute atomic E-state index is 13.3. The van der Waals surface area contributed by atoms with Crippen molar-refractivity contribution in [2.75, 3.05) is 30.8 Å². The molecule has 0 saturated carbocycles. The van der Waals surface area contributed by atoms with Gasteiger partial charge in [0.2, 0.25) is 10.0 Å². The van der Waals surface area contributed by atoms with E-state index in [-0.39, 0.29) is 42.3 Å². The highest BCUT2D eigenvalue weighted by Crippen LogP contribution is 2.42. The van der Waals surface area contributed by atoms with E-state index >= 15 is 0 Å². The molecule has 0 spiro atoms. The summed E-state index contributed by atoms with van der Waals surface area (Å²) in [6, 6.07) is 24.1. The largest absolute Gasteiger partial charge is 0.462 e. The average Bonchev–Trinajstić information content (AvgIpc) is 3.41. The molecule has 0 radical (unpaired) electrons. The van der Waals surface area contributed by atoms with Crippen LogP contribution in [-0.2, 0) is 30.7 Å². The Balaban J connectivity index is 1.29. The molecule has 50 heavy (non-hydrogen) atoms. The maximum atomic E-state index is 13.3. The van der Waals surface area contributed by atoms with E-state index in [0.717, 1.165) is 11.8 Å². The predicted octanol–water partition coefficient (Wildman–Crippen LogP) is 5.73. The Morgan fingerprint density at radius 1 is 1.02 bits per heavy atom. The molecule has 3 unspecified atom stereocenters. The Morgan fingerprint density at radius 2 is 1.68 bits per heavy atom. The van der Waals surface area contributed by atoms with Crippen LogP contribution in [-0.4, -0.2) is 58.9 Å². The fourth-order valence-corrected chi connectivity index (χ4v) is 6.84. The van der Waals surface area contributed by atoms with E-state index in [1.807, 2.05) is 30.3 Å². The second-order valence-electron chi connectivity index (χ2n) is 12.0. The van der Waals surface area contributed by atoms with E-state index < -0.39 is 40.1 Å². The van der Waals surface area contributed by atoms with Gasteiger partial charge in [0.25, 0.3) is 5.91 Å². The zero-order chi connectivity index (χ0) is 35.6. The van der Waals surface area contributed by atoms with Gasteiger partial charge in [0, 0.05) is 29.6 Å². The molecule has 3 atom stereocenters. The molecular formula is C37H36FN3O8S. The van der Waals surface area contributed by atoms with Crippen LogP contribution in [0.2, 0.25) is 0 Å². The summed E-state index contributed by atoms with van der Waals surface area (Å²) in [4.78, 5) is 26.1. The lowest BCUT2D eigenvalue weighted by Crippen LogP contribution is -2.41. The van der Waals surface area contributed by atoms with Gasteiger partial charge in [-0.15, -0.1) is 0 Å². The van der Waals surface area contributed by atoms with E-state index in [1.54, 1.807) is 43.3 Å². The van der Waals surface area contributed by atoms with Crippen molar-refractivity contribution in [1.29, 1.82) is 0 Å². The van der Waals surface area contributed by atoms with Crippen LogP contribution in [0.5, 0.6) is 11.5 Å². The molecule has 0 bridgehead atoms. The quantitative estimate of drug-likeness (QED) is 0.174. The molecule has 11 nitrogen and oxygen atoms in total. The van der Waals surface area contributed by atoms with E-state index in [1.165, 1.54) is 35.6 Å². The van der Waals surface area contributed by atoms with Gasteiger partial charge >= 0.3 is 5.97 Å². The molecule has 1 amide bonds. The lowest BCUT2D eigenvalue weighted by atomic mass is 10.0. The molecule has 0 saturated heterocycles. The number of carbonyl (C=O) groups excluding carboxylic acids is 2. The number of ether oxygens (including phenoxy) is 3. The minimum Gasteiger partial charge on any atom is -0.462 e. The van der Waals surface area contributed by atoms with Gasteiger partial charge in [-0.25, -0.2) is 12.8 Å². The van der Waals surface area contributed by atoms with Crippen LogP contribution in [0.25, 0.3) is 22.3 Å². The number of rotatable bonds is 10. The molecule has 13 heteroatoms. The monoisotopic (exact) mass is 701 g/mol. The second-order valence-corrected chi connectivity index (χ2v) is 13.9. The van der Waals surface area contributed by atoms with Crippen LogP contribution < -0.4 is 20.1 Å². The third-order valence-corrected chi connectivity index (χ3v) is 9.49. The normalized spacial score (nSPS) is 16.7. The Hall–Kier alpha value is -5.24. The molecule has 4 aromatic carbocycles.